The van der Waals surface area contributed by atoms with E-state index in [2.05, 4.69) is 82.6 Å². The van der Waals surface area contributed by atoms with Crippen molar-refractivity contribution >= 4 is 78.6 Å². The number of ether oxygens (including phenoxy) is 6. The Bertz CT molecular complexity index is 5180. The maximum Gasteiger partial charge on any atom is 0.490 e. The molecular weight excluding hydrogens is 1580 g/mol. The molecule has 112 heavy (non-hydrogen) atoms. The molecule has 0 spiro atoms. The molecular formula is C65H80N14O28P3S2+. The molecule has 604 valence electrons. The van der Waals surface area contributed by atoms with Crippen molar-refractivity contribution in [3.8, 4) is 29.1 Å². The quantitative estimate of drug-likeness (QED) is 0.00386. The molecule has 47 heteroatoms. The van der Waals surface area contributed by atoms with E-state index in [0.717, 1.165) is 62.1 Å². The van der Waals surface area contributed by atoms with E-state index in [9.17, 15) is 83.7 Å². The van der Waals surface area contributed by atoms with Gasteiger partial charge in [-0.2, -0.15) is 25.5 Å². The van der Waals surface area contributed by atoms with E-state index in [1.165, 1.54) is 12.1 Å². The second-order valence-corrected chi connectivity index (χ2v) is 33.0. The van der Waals surface area contributed by atoms with Crippen LogP contribution in [0, 0.1) is 11.8 Å². The fourth-order valence-corrected chi connectivity index (χ4v) is 16.5. The van der Waals surface area contributed by atoms with Crippen LogP contribution in [0.3, 0.4) is 0 Å². The molecule has 4 aliphatic heterocycles. The van der Waals surface area contributed by atoms with E-state index in [-0.39, 0.29) is 107 Å². The lowest BCUT2D eigenvalue weighted by molar-refractivity contribution is -0.126. The van der Waals surface area contributed by atoms with Gasteiger partial charge < -0.3 is 73.7 Å². The molecule has 1 aromatic heterocycles. The van der Waals surface area contributed by atoms with Crippen molar-refractivity contribution in [1.82, 2.24) is 35.0 Å². The topological polar surface area (TPSA) is 590 Å². The zero-order chi connectivity index (χ0) is 81.0. The normalized spacial score (nSPS) is 17.2. The second kappa shape index (κ2) is 39.5. The number of carbonyl (C=O) groups excluding carboxylic acids is 4. The van der Waals surface area contributed by atoms with Crippen molar-refractivity contribution in [1.29, 1.82) is 0 Å². The van der Waals surface area contributed by atoms with E-state index in [4.69, 9.17) is 43.7 Å². The van der Waals surface area contributed by atoms with Crippen molar-refractivity contribution < 1.29 is 120 Å². The number of phosphoric acid groups is 3. The third kappa shape index (κ3) is 25.9. The fraction of sp³-hybridized carbons (Fsp3) is 0.462. The van der Waals surface area contributed by atoms with Crippen molar-refractivity contribution in [2.75, 3.05) is 116 Å². The number of rotatable bonds is 40. The minimum Gasteiger partial charge on any atom is -0.491 e. The first kappa shape index (κ1) is 86.7. The number of aromatic amines is 1. The summed E-state index contributed by atoms with van der Waals surface area (Å²) in [6, 6.07) is 21.3. The Morgan fingerprint density at radius 3 is 2.37 bits per heavy atom. The summed E-state index contributed by atoms with van der Waals surface area (Å²) >= 11 is 0. The molecule has 1 fully saturated rings. The molecule has 0 radical (unpaired) electrons. The number of aryl methyl sites for hydroxylation is 2. The Kier molecular flexibility index (Phi) is 30.6. The largest absolute Gasteiger partial charge is 0.491 e. The average molecular weight is 1660 g/mol. The van der Waals surface area contributed by atoms with Crippen LogP contribution in [0.1, 0.15) is 99.7 Å². The molecule has 0 bridgehead atoms. The number of aromatic nitrogens is 2. The molecule has 4 amide bonds. The van der Waals surface area contributed by atoms with Crippen molar-refractivity contribution in [3.05, 3.63) is 170 Å². The first-order chi connectivity index (χ1) is 53.2. The lowest BCUT2D eigenvalue weighted by atomic mass is 9.86. The number of carbonyl (C=O) groups is 4. The third-order valence-electron chi connectivity index (χ3n) is 17.3. The number of hydrogen-bond donors (Lipinski definition) is 10. The Balaban J connectivity index is 0.708. The van der Waals surface area contributed by atoms with Gasteiger partial charge in [0.2, 0.25) is 17.2 Å². The number of azide groups is 2. The Labute approximate surface area is 638 Å². The molecule has 4 unspecified atom stereocenters. The SMILES string of the molecule is CN(CCCC(=O)NCCNC(=O)c1cccc(OCC(N=[N+]=[N-])OCCOCC(=O)NCC#Cc2cn([C@H]3CC(OCN=[N+]=[N-])[C@@H](COP(=O)(O)OP(=O)(O)OP(=O)(O)O)O3)c(=O)[nH]c2=O)c1)C(=O)c1ccccc1C1=c2cc3c(cc2Oc2cc4c(cc21)CCCN4CCCS(=O)(=O)O)=[N+](CCCS(=O)(=O)O)CCC3. The first-order valence-corrected chi connectivity index (χ1v) is 42.2. The molecule has 0 aliphatic carbocycles. The van der Waals surface area contributed by atoms with Gasteiger partial charge in [-0.05, 0) is 90.7 Å². The van der Waals surface area contributed by atoms with Crippen molar-refractivity contribution in [2.24, 2.45) is 10.2 Å². The summed E-state index contributed by atoms with van der Waals surface area (Å²) in [6.45, 7) is -0.823. The summed E-state index contributed by atoms with van der Waals surface area (Å²) in [4.78, 5) is 127. The van der Waals surface area contributed by atoms with Crippen LogP contribution in [-0.2, 0) is 88.5 Å². The summed E-state index contributed by atoms with van der Waals surface area (Å²) in [5.41, 5.74) is 21.1. The van der Waals surface area contributed by atoms with Gasteiger partial charge in [0.1, 0.15) is 68.2 Å². The number of hydrogen-bond acceptors (Lipinski definition) is 25. The van der Waals surface area contributed by atoms with Crippen LogP contribution in [0.5, 0.6) is 17.2 Å². The first-order valence-electron chi connectivity index (χ1n) is 34.5. The van der Waals surface area contributed by atoms with Crippen LogP contribution in [0.15, 0.2) is 98.8 Å². The lowest BCUT2D eigenvalue weighted by Gasteiger charge is -2.33. The number of nitrogens with zero attached hydrogens (tertiary/aromatic N) is 10. The van der Waals surface area contributed by atoms with E-state index >= 15 is 0 Å². The highest BCUT2D eigenvalue weighted by Gasteiger charge is 2.44. The van der Waals surface area contributed by atoms with Gasteiger partial charge in [0, 0.05) is 126 Å². The van der Waals surface area contributed by atoms with Gasteiger partial charge >= 0.3 is 29.2 Å². The molecule has 5 aromatic rings. The maximum atomic E-state index is 14.7. The van der Waals surface area contributed by atoms with Crippen molar-refractivity contribution in [2.45, 2.75) is 82.5 Å². The van der Waals surface area contributed by atoms with Crippen LogP contribution >= 0.6 is 23.5 Å². The van der Waals surface area contributed by atoms with E-state index in [0.29, 0.717) is 61.6 Å². The highest BCUT2D eigenvalue weighted by Crippen LogP contribution is 2.66. The summed E-state index contributed by atoms with van der Waals surface area (Å²) in [5, 5.41) is 16.3. The second-order valence-electron chi connectivity index (χ2n) is 25.4. The molecule has 6 atom stereocenters. The highest BCUT2D eigenvalue weighted by atomic mass is 32.2. The zero-order valence-corrected chi connectivity index (χ0v) is 64.1. The minimum atomic E-state index is -5.88. The Hall–Kier alpha value is -9.24. The molecule has 4 aliphatic rings. The van der Waals surface area contributed by atoms with Crippen LogP contribution in [-0.4, -0.2) is 213 Å². The number of fused-ring (bicyclic) bond motifs is 4. The number of nitrogens with one attached hydrogen (secondary N) is 4. The van der Waals surface area contributed by atoms with E-state index in [1.54, 1.807) is 36.2 Å². The van der Waals surface area contributed by atoms with Gasteiger partial charge in [0.25, 0.3) is 37.6 Å². The summed E-state index contributed by atoms with van der Waals surface area (Å²) in [7, 11) is -23.9. The molecule has 4 aromatic carbocycles. The molecule has 42 nitrogen and oxygen atoms in total. The van der Waals surface area contributed by atoms with Gasteiger partial charge in [0.15, 0.2) is 6.23 Å². The van der Waals surface area contributed by atoms with Crippen LogP contribution < -0.4 is 56.7 Å². The Morgan fingerprint density at radius 1 is 0.848 bits per heavy atom. The molecule has 1 saturated heterocycles. The maximum absolute atomic E-state index is 14.7. The van der Waals surface area contributed by atoms with Gasteiger partial charge in [-0.25, -0.2) is 23.1 Å². The number of benzene rings is 4. The highest BCUT2D eigenvalue weighted by molar-refractivity contribution is 7.86. The van der Waals surface area contributed by atoms with Crippen LogP contribution in [0.4, 0.5) is 5.69 Å². The number of phosphoric ester groups is 1. The summed E-state index contributed by atoms with van der Waals surface area (Å²) in [5.74, 6) is 3.62. The summed E-state index contributed by atoms with van der Waals surface area (Å²) < 4.78 is 150. The smallest absolute Gasteiger partial charge is 0.490 e. The van der Waals surface area contributed by atoms with Gasteiger partial charge in [0.05, 0.1) is 50.0 Å². The summed E-state index contributed by atoms with van der Waals surface area (Å²) in [6.07, 6.45) is -0.761. The fourth-order valence-electron chi connectivity index (χ4n) is 12.5. The molecule has 9 rings (SSSR count). The molecule has 5 heterocycles. The third-order valence-corrected chi connectivity index (χ3v) is 22.7. The zero-order valence-electron chi connectivity index (χ0n) is 59.8. The monoisotopic (exact) mass is 1660 g/mol. The van der Waals surface area contributed by atoms with Crippen molar-refractivity contribution in [3.63, 3.8) is 0 Å². The van der Waals surface area contributed by atoms with E-state index in [1.807, 2.05) is 29.2 Å². The van der Waals surface area contributed by atoms with Crippen LogP contribution in [0.25, 0.3) is 26.5 Å². The van der Waals surface area contributed by atoms with Crippen LogP contribution in [0.2, 0.25) is 0 Å². The lowest BCUT2D eigenvalue weighted by Crippen LogP contribution is -2.40. The van der Waals surface area contributed by atoms with Gasteiger partial charge in [-0.3, -0.25) is 47.2 Å². The van der Waals surface area contributed by atoms with Gasteiger partial charge in [-0.15, -0.1) is 0 Å². The number of amides is 4. The number of anilines is 1. The standard InChI is InChI=1S/C65H79N14O28P3S2/c1-76(64(84)48-17-3-2-16-47(48)61-49-32-42-13-6-23-77(25-9-29-111(93,94)95)51(42)34-53(49)104-54-35-52-43(33-50(54)61)14-7-24-78(52)26-10-30-112(96,97)98)22-8-18-57(80)69-20-21-70-62(82)44-11-4-15-46(31-44)101-40-59(73-75-67)100-28-27-99-39-58(81)68-19-5-12-45-37-79(65(85)72-63(45)83)60-36-55(102-41-71-74-66)56(105-60)38-103-109(89,90)107-110(91,92)106-108(86,87)88/h2-4,11,15-17,31-35,37,55-56,59-60H,6-10,13-14,18-30,36,38-41H2,1H3,(H9-,68,69,70,72,80,81,82,83,85,86,87,88,89,90,91,92,93,94,95,96,97,98)/p+1/t55?,56-,59?,60-/m1/s1. The molecule has 10 N–H and O–H groups in total. The predicted octanol–water partition coefficient (Wildman–Crippen LogP) is 2.53. The predicted molar refractivity (Wildman–Crippen MR) is 394 cm³/mol. The van der Waals surface area contributed by atoms with E-state index < -0.39 is 123 Å². The Morgan fingerprint density at radius 2 is 1.61 bits per heavy atom. The number of H-pyrrole nitrogens is 1. The molecule has 0 saturated carbocycles. The minimum absolute atomic E-state index is 0.0458. The average Bonchev–Trinajstić information content (AvgIpc) is 0.868. The van der Waals surface area contributed by atoms with Gasteiger partial charge in [-0.1, -0.05) is 46.3 Å².